The van der Waals surface area contributed by atoms with Crippen LogP contribution in [0.25, 0.3) is 11.0 Å². The molecule has 0 radical (unpaired) electrons. The van der Waals surface area contributed by atoms with Crippen LogP contribution in [0.3, 0.4) is 0 Å². The van der Waals surface area contributed by atoms with Crippen LogP contribution in [0.5, 0.6) is 5.75 Å². The summed E-state index contributed by atoms with van der Waals surface area (Å²) in [5.74, 6) is 7.48. The fourth-order valence-electron chi connectivity index (χ4n) is 3.01. The van der Waals surface area contributed by atoms with E-state index in [1.807, 2.05) is 55.5 Å². The minimum absolute atomic E-state index is 0.248. The van der Waals surface area contributed by atoms with E-state index in [1.54, 1.807) is 11.0 Å². The van der Waals surface area contributed by atoms with Crippen molar-refractivity contribution in [3.05, 3.63) is 77.5 Å². The Morgan fingerprint density at radius 3 is 2.75 bits per heavy atom. The molecule has 4 rings (SSSR count). The molecule has 140 valence electrons. The van der Waals surface area contributed by atoms with Crippen LogP contribution >= 0.6 is 11.6 Å². The summed E-state index contributed by atoms with van der Waals surface area (Å²) in [5, 5.41) is 5.94. The van der Waals surface area contributed by atoms with Crippen molar-refractivity contribution < 1.29 is 9.15 Å². The van der Waals surface area contributed by atoms with Gasteiger partial charge in [-0.2, -0.15) is 5.10 Å². The molecule has 28 heavy (non-hydrogen) atoms. The van der Waals surface area contributed by atoms with Gasteiger partial charge in [-0.15, -0.1) is 5.92 Å². The van der Waals surface area contributed by atoms with Crippen molar-refractivity contribution >= 4 is 22.6 Å². The van der Waals surface area contributed by atoms with Gasteiger partial charge in [0.15, 0.2) is 0 Å². The Balaban J connectivity index is 1.66. The molecule has 2 aromatic heterocycles. The van der Waals surface area contributed by atoms with E-state index in [0.717, 1.165) is 34.5 Å². The van der Waals surface area contributed by atoms with Crippen LogP contribution in [0.15, 0.2) is 65.6 Å². The van der Waals surface area contributed by atoms with Crippen molar-refractivity contribution in [2.24, 2.45) is 0 Å². The topological polar surface area (TPSA) is 53.1 Å². The van der Waals surface area contributed by atoms with Crippen molar-refractivity contribution in [2.45, 2.75) is 19.4 Å². The number of nitrogens with zero attached hydrogens (tertiary/aromatic N) is 3. The third-order valence-electron chi connectivity index (χ3n) is 4.28. The molecule has 5 nitrogen and oxygen atoms in total. The minimum atomic E-state index is -0.248. The zero-order valence-corrected chi connectivity index (χ0v) is 16.1. The molecule has 1 atom stereocenters. The molecule has 0 aliphatic rings. The van der Waals surface area contributed by atoms with E-state index in [4.69, 9.17) is 20.8 Å². The highest BCUT2D eigenvalue weighted by molar-refractivity contribution is 6.31. The van der Waals surface area contributed by atoms with Crippen LogP contribution < -0.4 is 4.74 Å². The molecule has 1 unspecified atom stereocenters. The van der Waals surface area contributed by atoms with Crippen LogP contribution in [0.2, 0.25) is 5.02 Å². The number of hydrogen-bond donors (Lipinski definition) is 0. The van der Waals surface area contributed by atoms with Gasteiger partial charge in [0.05, 0.1) is 0 Å². The van der Waals surface area contributed by atoms with E-state index in [9.17, 15) is 0 Å². The van der Waals surface area contributed by atoms with Crippen LogP contribution in [0.1, 0.15) is 30.7 Å². The number of benzene rings is 2. The van der Waals surface area contributed by atoms with Crippen molar-refractivity contribution in [1.82, 2.24) is 14.8 Å². The molecule has 0 amide bonds. The average Bonchev–Trinajstić information content (AvgIpc) is 3.36. The van der Waals surface area contributed by atoms with Crippen LogP contribution in [-0.2, 0) is 0 Å². The normalized spacial score (nSPS) is 11.8. The van der Waals surface area contributed by atoms with Gasteiger partial charge in [-0.05, 0) is 42.0 Å². The highest BCUT2D eigenvalue weighted by atomic mass is 35.5. The van der Waals surface area contributed by atoms with Gasteiger partial charge in [0.1, 0.15) is 42.4 Å². The first-order valence-electron chi connectivity index (χ1n) is 8.96. The molecule has 6 heteroatoms. The van der Waals surface area contributed by atoms with Crippen molar-refractivity contribution in [2.75, 3.05) is 6.61 Å². The molecule has 0 saturated heterocycles. The molecule has 0 aliphatic heterocycles. The summed E-state index contributed by atoms with van der Waals surface area (Å²) in [5.41, 5.74) is 1.78. The van der Waals surface area contributed by atoms with Gasteiger partial charge in [0.25, 0.3) is 0 Å². The maximum absolute atomic E-state index is 6.11. The molecule has 2 heterocycles. The summed E-state index contributed by atoms with van der Waals surface area (Å²) in [6, 6.07) is 15.1. The lowest BCUT2D eigenvalue weighted by molar-refractivity contribution is 0.369. The molecule has 0 bridgehead atoms. The summed E-state index contributed by atoms with van der Waals surface area (Å²) in [6.07, 6.45) is 4.01. The molecule has 2 aromatic carbocycles. The van der Waals surface area contributed by atoms with E-state index in [1.165, 1.54) is 6.33 Å². The average molecular weight is 392 g/mol. The number of fused-ring (bicyclic) bond motifs is 1. The Hall–Kier alpha value is -3.23. The summed E-state index contributed by atoms with van der Waals surface area (Å²) < 4.78 is 13.5. The third kappa shape index (κ3) is 3.88. The first-order chi connectivity index (χ1) is 13.7. The van der Waals surface area contributed by atoms with E-state index in [2.05, 4.69) is 21.9 Å². The molecule has 0 saturated carbocycles. The van der Waals surface area contributed by atoms with E-state index in [0.29, 0.717) is 11.6 Å². The van der Waals surface area contributed by atoms with Crippen molar-refractivity contribution in [3.63, 3.8) is 0 Å². The number of aromatic nitrogens is 3. The summed E-state index contributed by atoms with van der Waals surface area (Å²) >= 11 is 6.11. The maximum atomic E-state index is 6.11. The molecular weight excluding hydrogens is 374 g/mol. The van der Waals surface area contributed by atoms with E-state index < -0.39 is 0 Å². The predicted octanol–water partition coefficient (Wildman–Crippen LogP) is 5.11. The first kappa shape index (κ1) is 18.1. The van der Waals surface area contributed by atoms with Gasteiger partial charge < -0.3 is 9.15 Å². The van der Waals surface area contributed by atoms with Crippen molar-refractivity contribution in [1.29, 1.82) is 0 Å². The maximum Gasteiger partial charge on any atom is 0.149 e. The second-order valence-electron chi connectivity index (χ2n) is 6.17. The fourth-order valence-corrected chi connectivity index (χ4v) is 3.19. The van der Waals surface area contributed by atoms with Crippen LogP contribution in [0.4, 0.5) is 0 Å². The van der Waals surface area contributed by atoms with Crippen LogP contribution in [-0.4, -0.2) is 21.4 Å². The Morgan fingerprint density at radius 1 is 1.14 bits per heavy atom. The van der Waals surface area contributed by atoms with E-state index >= 15 is 0 Å². The van der Waals surface area contributed by atoms with Gasteiger partial charge in [0, 0.05) is 16.8 Å². The zero-order valence-electron chi connectivity index (χ0n) is 15.3. The monoisotopic (exact) mass is 391 g/mol. The summed E-state index contributed by atoms with van der Waals surface area (Å²) in [7, 11) is 0. The Bertz CT molecular complexity index is 1120. The van der Waals surface area contributed by atoms with Gasteiger partial charge >= 0.3 is 0 Å². The number of hydrogen-bond acceptors (Lipinski definition) is 4. The van der Waals surface area contributed by atoms with Crippen LogP contribution in [0, 0.1) is 11.8 Å². The molecule has 4 aromatic rings. The molecule has 0 fully saturated rings. The number of rotatable bonds is 5. The standard InChI is InChI=1S/C22H18ClN3O2/c1-2-3-4-11-27-19-8-5-16(6-9-19)22(26-15-24-14-25-26)21-13-17-12-18(23)7-10-20(17)28-21/h5-10,12-15,22H,2,11H2,1H3. The van der Waals surface area contributed by atoms with E-state index in [-0.39, 0.29) is 6.04 Å². The van der Waals surface area contributed by atoms with Crippen molar-refractivity contribution in [3.8, 4) is 17.6 Å². The van der Waals surface area contributed by atoms with Gasteiger partial charge in [0.2, 0.25) is 0 Å². The molecule has 0 spiro atoms. The second-order valence-corrected chi connectivity index (χ2v) is 6.61. The highest BCUT2D eigenvalue weighted by Gasteiger charge is 2.21. The Morgan fingerprint density at radius 2 is 2.00 bits per heavy atom. The lowest BCUT2D eigenvalue weighted by Gasteiger charge is -2.15. The largest absolute Gasteiger partial charge is 0.481 e. The lowest BCUT2D eigenvalue weighted by Crippen LogP contribution is -2.12. The third-order valence-corrected chi connectivity index (χ3v) is 4.51. The molecule has 0 aliphatic carbocycles. The molecular formula is C22H18ClN3O2. The summed E-state index contributed by atoms with van der Waals surface area (Å²) in [4.78, 5) is 4.09. The lowest BCUT2D eigenvalue weighted by atomic mass is 10.0. The summed E-state index contributed by atoms with van der Waals surface area (Å²) in [6.45, 7) is 2.39. The number of ether oxygens (including phenoxy) is 1. The van der Waals surface area contributed by atoms with Gasteiger partial charge in [-0.1, -0.05) is 36.6 Å². The Kier molecular flexibility index (Phi) is 5.31. The highest BCUT2D eigenvalue weighted by Crippen LogP contribution is 2.32. The molecule has 0 N–H and O–H groups in total. The quantitative estimate of drug-likeness (QED) is 0.444. The van der Waals surface area contributed by atoms with Gasteiger partial charge in [-0.3, -0.25) is 0 Å². The fraction of sp³-hybridized carbons (Fsp3) is 0.182. The smallest absolute Gasteiger partial charge is 0.149 e. The SMILES string of the molecule is CCC#CCOc1ccc(C(c2cc3cc(Cl)ccc3o2)n2cncn2)cc1. The van der Waals surface area contributed by atoms with Gasteiger partial charge in [-0.25, -0.2) is 9.67 Å². The minimum Gasteiger partial charge on any atom is -0.481 e. The number of halogens is 1. The first-order valence-corrected chi connectivity index (χ1v) is 9.34. The zero-order chi connectivity index (χ0) is 19.3. The second kappa shape index (κ2) is 8.20. The number of furan rings is 1. The predicted molar refractivity (Wildman–Crippen MR) is 108 cm³/mol. The Labute approximate surface area is 167 Å².